The van der Waals surface area contributed by atoms with Crippen LogP contribution in [0.2, 0.25) is 0 Å². The number of hydrazone groups is 1. The Morgan fingerprint density at radius 1 is 1.30 bits per heavy atom. The molecule has 0 radical (unpaired) electrons. The number of alkyl halides is 3. The largest absolute Gasteiger partial charge is 0.415 e. The second-order valence-corrected chi connectivity index (χ2v) is 7.18. The number of nitrogens with one attached hydrogen (secondary N) is 1. The topological polar surface area (TPSA) is 44.7 Å². The van der Waals surface area contributed by atoms with E-state index in [4.69, 9.17) is 0 Å². The maximum absolute atomic E-state index is 12.7. The summed E-state index contributed by atoms with van der Waals surface area (Å²) in [6.07, 6.45) is 1.22. The van der Waals surface area contributed by atoms with E-state index in [1.165, 1.54) is 6.08 Å². The van der Waals surface area contributed by atoms with E-state index in [1.54, 1.807) is 0 Å². The van der Waals surface area contributed by atoms with E-state index < -0.39 is 11.7 Å². The minimum absolute atomic E-state index is 0.0248. The highest BCUT2D eigenvalue weighted by molar-refractivity contribution is 6.39. The summed E-state index contributed by atoms with van der Waals surface area (Å²) in [7, 11) is 0. The first-order valence-electron chi connectivity index (χ1n) is 10.0. The molecule has 0 bridgehead atoms. The fourth-order valence-electron chi connectivity index (χ4n) is 3.16. The molecule has 1 atom stereocenters. The normalized spacial score (nSPS) is 16.9. The fourth-order valence-corrected chi connectivity index (χ4v) is 3.16. The molecule has 0 spiro atoms. The maximum Gasteiger partial charge on any atom is 0.415 e. The third-order valence-corrected chi connectivity index (χ3v) is 4.87. The smallest absolute Gasteiger partial charge is 0.347 e. The van der Waals surface area contributed by atoms with E-state index in [9.17, 15) is 18.0 Å². The number of allylic oxidation sites excluding steroid dienone is 2. The van der Waals surface area contributed by atoms with Gasteiger partial charge in [-0.3, -0.25) is 9.80 Å². The van der Waals surface area contributed by atoms with Crippen LogP contribution in [0.1, 0.15) is 44.2 Å². The Morgan fingerprint density at radius 3 is 2.60 bits per heavy atom. The number of rotatable bonds is 10. The van der Waals surface area contributed by atoms with Crippen LogP contribution >= 0.6 is 0 Å². The molecular weight excluding hydrogens is 391 g/mol. The van der Waals surface area contributed by atoms with Gasteiger partial charge < -0.3 is 5.32 Å². The fraction of sp³-hybridized carbons (Fsp3) is 0.391. The molecule has 1 aromatic carbocycles. The molecule has 1 unspecified atom stereocenters. The van der Waals surface area contributed by atoms with Crippen LogP contribution in [-0.2, 0) is 4.79 Å². The second-order valence-electron chi connectivity index (χ2n) is 7.18. The maximum atomic E-state index is 12.7. The predicted octanol–water partition coefficient (Wildman–Crippen LogP) is 5.33. The lowest BCUT2D eigenvalue weighted by atomic mass is 10.0. The van der Waals surface area contributed by atoms with Gasteiger partial charge in [-0.2, -0.15) is 18.3 Å². The third-order valence-electron chi connectivity index (χ3n) is 4.87. The average molecular weight is 419 g/mol. The lowest BCUT2D eigenvalue weighted by Gasteiger charge is -2.23. The molecule has 1 amide bonds. The lowest BCUT2D eigenvalue weighted by molar-refractivity contribution is -0.114. The number of hydrogen-bond donors (Lipinski definition) is 1. The van der Waals surface area contributed by atoms with Crippen LogP contribution in [0.25, 0.3) is 0 Å². The molecule has 0 saturated carbocycles. The van der Waals surface area contributed by atoms with Crippen molar-refractivity contribution in [3.8, 4) is 0 Å². The Kier molecular flexibility index (Phi) is 8.45. The summed E-state index contributed by atoms with van der Waals surface area (Å²) >= 11 is 0. The Balaban J connectivity index is 2.06. The van der Waals surface area contributed by atoms with E-state index >= 15 is 0 Å². The molecule has 4 nitrogen and oxygen atoms in total. The van der Waals surface area contributed by atoms with E-state index in [-0.39, 0.29) is 24.1 Å². The highest BCUT2D eigenvalue weighted by atomic mass is 19.4. The summed E-state index contributed by atoms with van der Waals surface area (Å²) in [6, 6.07) is 9.83. The van der Waals surface area contributed by atoms with Crippen molar-refractivity contribution in [1.29, 1.82) is 0 Å². The standard InChI is InChI=1S/C23H28F3N3O/c1-4-6-10-13-29-21(19-11-8-7-9-12-19)15-20(28-29)22(30)27-16-18(5-2)14-17(3)23(24,25)26/h5,7-9,11-12,14,21H,2-4,6,10,13,15-16H2,1H3,(H,27,30)/b18-14+. The highest BCUT2D eigenvalue weighted by Crippen LogP contribution is 2.31. The first-order chi connectivity index (χ1) is 14.3. The summed E-state index contributed by atoms with van der Waals surface area (Å²) in [5.74, 6) is -0.390. The lowest BCUT2D eigenvalue weighted by Crippen LogP contribution is -2.31. The van der Waals surface area contributed by atoms with Crippen molar-refractivity contribution in [3.63, 3.8) is 0 Å². The summed E-state index contributed by atoms with van der Waals surface area (Å²) < 4.78 is 38.0. The van der Waals surface area contributed by atoms with Gasteiger partial charge in [-0.05, 0) is 23.6 Å². The van der Waals surface area contributed by atoms with Gasteiger partial charge in [0.05, 0.1) is 6.04 Å². The Morgan fingerprint density at radius 2 is 2.00 bits per heavy atom. The zero-order valence-electron chi connectivity index (χ0n) is 17.2. The molecule has 1 aliphatic heterocycles. The van der Waals surface area contributed by atoms with Gasteiger partial charge >= 0.3 is 6.18 Å². The van der Waals surface area contributed by atoms with Gasteiger partial charge in [0, 0.05) is 25.1 Å². The SMILES string of the molecule is C=C/C(=C\C(=C)C(F)(F)F)CNC(=O)C1=NN(CCCCC)C(c2ccccc2)C1. The highest BCUT2D eigenvalue weighted by Gasteiger charge is 2.32. The van der Waals surface area contributed by atoms with E-state index in [0.29, 0.717) is 12.1 Å². The molecule has 0 aliphatic carbocycles. The number of hydrogen-bond acceptors (Lipinski definition) is 3. The van der Waals surface area contributed by atoms with Crippen LogP contribution < -0.4 is 5.32 Å². The van der Waals surface area contributed by atoms with Crippen molar-refractivity contribution in [2.24, 2.45) is 5.10 Å². The molecule has 1 N–H and O–H groups in total. The van der Waals surface area contributed by atoms with Crippen LogP contribution in [0, 0.1) is 0 Å². The molecular formula is C23H28F3N3O. The van der Waals surface area contributed by atoms with Gasteiger partial charge in [0.25, 0.3) is 5.91 Å². The molecule has 1 aliphatic rings. The van der Waals surface area contributed by atoms with Gasteiger partial charge in [0.2, 0.25) is 0 Å². The number of nitrogens with zero attached hydrogens (tertiary/aromatic N) is 2. The first kappa shape index (κ1) is 23.4. The van der Waals surface area contributed by atoms with E-state index in [0.717, 1.165) is 37.4 Å². The van der Waals surface area contributed by atoms with Crippen molar-refractivity contribution in [2.45, 2.75) is 44.8 Å². The van der Waals surface area contributed by atoms with Crippen molar-refractivity contribution in [3.05, 3.63) is 72.4 Å². The second kappa shape index (κ2) is 10.8. The Bertz CT molecular complexity index is 813. The molecule has 0 aromatic heterocycles. The number of halogens is 3. The first-order valence-corrected chi connectivity index (χ1v) is 10.0. The summed E-state index contributed by atoms with van der Waals surface area (Å²) in [5.41, 5.74) is 0.687. The molecule has 7 heteroatoms. The summed E-state index contributed by atoms with van der Waals surface area (Å²) in [4.78, 5) is 12.6. The van der Waals surface area contributed by atoms with E-state index in [2.05, 4.69) is 30.5 Å². The zero-order valence-corrected chi connectivity index (χ0v) is 17.2. The van der Waals surface area contributed by atoms with Crippen LogP contribution in [-0.4, -0.2) is 35.9 Å². The number of unbranched alkanes of at least 4 members (excludes halogenated alkanes) is 2. The van der Waals surface area contributed by atoms with Crippen molar-refractivity contribution in [1.82, 2.24) is 10.3 Å². The number of carbonyl (C=O) groups excluding carboxylic acids is 1. The molecule has 2 rings (SSSR count). The quantitative estimate of drug-likeness (QED) is 0.412. The molecule has 0 saturated heterocycles. The molecule has 30 heavy (non-hydrogen) atoms. The minimum Gasteiger partial charge on any atom is -0.347 e. The zero-order chi connectivity index (χ0) is 22.1. The van der Waals surface area contributed by atoms with Gasteiger partial charge in [-0.25, -0.2) is 0 Å². The van der Waals surface area contributed by atoms with Crippen LogP contribution in [0.4, 0.5) is 13.2 Å². The number of carbonyl (C=O) groups is 1. The van der Waals surface area contributed by atoms with Gasteiger partial charge in [-0.1, -0.05) is 69.3 Å². The van der Waals surface area contributed by atoms with Gasteiger partial charge in [-0.15, -0.1) is 0 Å². The predicted molar refractivity (Wildman–Crippen MR) is 114 cm³/mol. The average Bonchev–Trinajstić information content (AvgIpc) is 3.15. The van der Waals surface area contributed by atoms with Gasteiger partial charge in [0.15, 0.2) is 0 Å². The minimum atomic E-state index is -4.52. The van der Waals surface area contributed by atoms with E-state index in [1.807, 2.05) is 35.3 Å². The monoisotopic (exact) mass is 419 g/mol. The Labute approximate surface area is 175 Å². The number of benzene rings is 1. The van der Waals surface area contributed by atoms with Crippen LogP contribution in [0.3, 0.4) is 0 Å². The van der Waals surface area contributed by atoms with Crippen molar-refractivity contribution in [2.75, 3.05) is 13.1 Å². The molecule has 0 fully saturated rings. The van der Waals surface area contributed by atoms with Crippen molar-refractivity contribution < 1.29 is 18.0 Å². The third kappa shape index (κ3) is 6.61. The molecule has 162 valence electrons. The summed E-state index contributed by atoms with van der Waals surface area (Å²) in [5, 5.41) is 9.10. The Hall–Kier alpha value is -2.83. The van der Waals surface area contributed by atoms with Crippen LogP contribution in [0.5, 0.6) is 0 Å². The number of amides is 1. The van der Waals surface area contributed by atoms with Gasteiger partial charge in [0.1, 0.15) is 5.71 Å². The molecule has 1 aromatic rings. The van der Waals surface area contributed by atoms with Crippen molar-refractivity contribution >= 4 is 11.6 Å². The summed E-state index contributed by atoms with van der Waals surface area (Å²) in [6.45, 7) is 9.31. The van der Waals surface area contributed by atoms with Crippen LogP contribution in [0.15, 0.2) is 71.9 Å². The molecule has 1 heterocycles.